The van der Waals surface area contributed by atoms with E-state index in [4.69, 9.17) is 4.74 Å². The number of hydrogen-bond acceptors (Lipinski definition) is 7. The van der Waals surface area contributed by atoms with Crippen molar-refractivity contribution in [1.29, 1.82) is 0 Å². The van der Waals surface area contributed by atoms with Crippen molar-refractivity contribution in [3.8, 4) is 0 Å². The minimum absolute atomic E-state index is 0.0447. The average molecular weight is 324 g/mol. The van der Waals surface area contributed by atoms with E-state index in [0.717, 1.165) is 36.2 Å². The molecular formula is C14H16N2O3S2. The van der Waals surface area contributed by atoms with E-state index in [2.05, 4.69) is 4.98 Å². The van der Waals surface area contributed by atoms with Gasteiger partial charge in [-0.3, -0.25) is 9.59 Å². The van der Waals surface area contributed by atoms with Gasteiger partial charge in [0.2, 0.25) is 0 Å². The molecule has 2 aromatic heterocycles. The van der Waals surface area contributed by atoms with E-state index >= 15 is 0 Å². The van der Waals surface area contributed by atoms with E-state index in [0.29, 0.717) is 23.0 Å². The maximum Gasteiger partial charge on any atom is 0.310 e. The molecule has 0 amide bonds. The molecule has 7 heteroatoms. The van der Waals surface area contributed by atoms with E-state index in [1.54, 1.807) is 0 Å². The number of hydrogen-bond donors (Lipinski definition) is 0. The summed E-state index contributed by atoms with van der Waals surface area (Å²) in [5.41, 5.74) is 0.747. The van der Waals surface area contributed by atoms with Crippen molar-refractivity contribution in [2.45, 2.75) is 19.8 Å². The summed E-state index contributed by atoms with van der Waals surface area (Å²) in [6.45, 7) is 3.63. The second kappa shape index (κ2) is 6.11. The highest BCUT2D eigenvalue weighted by Gasteiger charge is 2.28. The van der Waals surface area contributed by atoms with Gasteiger partial charge in [0, 0.05) is 13.1 Å². The van der Waals surface area contributed by atoms with Gasteiger partial charge in [-0.15, -0.1) is 11.3 Å². The number of thiophene rings is 1. The van der Waals surface area contributed by atoms with Crippen molar-refractivity contribution in [2.75, 3.05) is 24.6 Å². The van der Waals surface area contributed by atoms with Crippen molar-refractivity contribution >= 4 is 44.0 Å². The van der Waals surface area contributed by atoms with Gasteiger partial charge < -0.3 is 9.64 Å². The van der Waals surface area contributed by atoms with Crippen molar-refractivity contribution in [3.63, 3.8) is 0 Å². The number of ether oxygens (including phenoxy) is 1. The third-order valence-corrected chi connectivity index (χ3v) is 5.49. The van der Waals surface area contributed by atoms with E-state index in [1.165, 1.54) is 11.3 Å². The SMILES string of the molecule is CCOC(=O)[C@H]1CCCN(c2nc3ccsc3c(=O)s2)C1. The minimum atomic E-state index is -0.147. The number of fused-ring (bicyclic) bond motifs is 1. The number of anilines is 1. The molecule has 112 valence electrons. The van der Waals surface area contributed by atoms with Gasteiger partial charge in [0.1, 0.15) is 4.70 Å². The molecule has 3 heterocycles. The molecular weight excluding hydrogens is 308 g/mol. The van der Waals surface area contributed by atoms with Crippen LogP contribution >= 0.6 is 22.7 Å². The van der Waals surface area contributed by atoms with E-state index in [9.17, 15) is 9.59 Å². The third kappa shape index (κ3) is 2.94. The van der Waals surface area contributed by atoms with Gasteiger partial charge in [-0.1, -0.05) is 11.3 Å². The molecule has 1 aliphatic heterocycles. The van der Waals surface area contributed by atoms with Crippen LogP contribution in [0.5, 0.6) is 0 Å². The first-order valence-electron chi connectivity index (χ1n) is 6.99. The molecule has 1 fully saturated rings. The van der Waals surface area contributed by atoms with Crippen LogP contribution in [0.25, 0.3) is 10.2 Å². The van der Waals surface area contributed by atoms with Gasteiger partial charge in [-0.05, 0) is 31.2 Å². The number of rotatable bonds is 3. The zero-order valence-electron chi connectivity index (χ0n) is 11.7. The van der Waals surface area contributed by atoms with Crippen LogP contribution in [0, 0.1) is 5.92 Å². The van der Waals surface area contributed by atoms with E-state index in [1.807, 2.05) is 23.3 Å². The fourth-order valence-corrected chi connectivity index (χ4v) is 4.27. The molecule has 3 rings (SSSR count). The predicted octanol–water partition coefficient (Wildman–Crippen LogP) is 2.50. The second-order valence-corrected chi connectivity index (χ2v) is 6.81. The maximum atomic E-state index is 12.1. The van der Waals surface area contributed by atoms with E-state index < -0.39 is 0 Å². The van der Waals surface area contributed by atoms with Gasteiger partial charge in [-0.2, -0.15) is 0 Å². The lowest BCUT2D eigenvalue weighted by atomic mass is 9.99. The number of esters is 1. The highest BCUT2D eigenvalue weighted by molar-refractivity contribution is 7.21. The van der Waals surface area contributed by atoms with Crippen LogP contribution in [0.1, 0.15) is 19.8 Å². The quantitative estimate of drug-likeness (QED) is 0.812. The second-order valence-electron chi connectivity index (χ2n) is 4.96. The van der Waals surface area contributed by atoms with Gasteiger partial charge in [0.25, 0.3) is 4.74 Å². The zero-order valence-corrected chi connectivity index (χ0v) is 13.3. The first-order valence-corrected chi connectivity index (χ1v) is 8.68. The average Bonchev–Trinajstić information content (AvgIpc) is 2.96. The first kappa shape index (κ1) is 14.5. The molecule has 1 aliphatic rings. The van der Waals surface area contributed by atoms with Crippen molar-refractivity contribution < 1.29 is 9.53 Å². The predicted molar refractivity (Wildman–Crippen MR) is 85.3 cm³/mol. The van der Waals surface area contributed by atoms with Crippen LogP contribution in [-0.4, -0.2) is 30.6 Å². The zero-order chi connectivity index (χ0) is 14.8. The van der Waals surface area contributed by atoms with Crippen LogP contribution in [0.4, 0.5) is 5.13 Å². The number of carbonyl (C=O) groups excluding carboxylic acids is 1. The van der Waals surface area contributed by atoms with Crippen LogP contribution in [0.3, 0.4) is 0 Å². The summed E-state index contributed by atoms with van der Waals surface area (Å²) in [6.07, 6.45) is 1.75. The molecule has 1 atom stereocenters. The molecule has 0 aromatic carbocycles. The molecule has 21 heavy (non-hydrogen) atoms. The Morgan fingerprint density at radius 2 is 2.43 bits per heavy atom. The Kier molecular flexibility index (Phi) is 4.21. The largest absolute Gasteiger partial charge is 0.466 e. The highest BCUT2D eigenvalue weighted by Crippen LogP contribution is 2.27. The van der Waals surface area contributed by atoms with Gasteiger partial charge in [0.15, 0.2) is 5.13 Å². The molecule has 0 aliphatic carbocycles. The number of aromatic nitrogens is 1. The minimum Gasteiger partial charge on any atom is -0.466 e. The topological polar surface area (TPSA) is 59.5 Å². The Labute approximate surface area is 130 Å². The Balaban J connectivity index is 1.84. The molecule has 2 aromatic rings. The third-order valence-electron chi connectivity index (χ3n) is 3.54. The Bertz CT molecular complexity index is 710. The van der Waals surface area contributed by atoms with Gasteiger partial charge in [-0.25, -0.2) is 4.98 Å². The molecule has 0 bridgehead atoms. The summed E-state index contributed by atoms with van der Waals surface area (Å²) in [4.78, 5) is 30.6. The van der Waals surface area contributed by atoms with E-state index in [-0.39, 0.29) is 16.6 Å². The maximum absolute atomic E-state index is 12.1. The molecule has 0 spiro atoms. The molecule has 1 saturated heterocycles. The number of piperidine rings is 1. The highest BCUT2D eigenvalue weighted by atomic mass is 32.1. The Morgan fingerprint density at radius 1 is 1.57 bits per heavy atom. The standard InChI is InChI=1S/C14H16N2O3S2/c1-2-19-12(17)9-4-3-6-16(8-9)14-15-10-5-7-20-11(10)13(18)21-14/h5,7,9H,2-4,6,8H2,1H3/t9-/m0/s1. The number of nitrogens with zero attached hydrogens (tertiary/aromatic N) is 2. The molecule has 0 N–H and O–H groups in total. The molecule has 0 unspecified atom stereocenters. The normalized spacial score (nSPS) is 18.9. The fourth-order valence-electron chi connectivity index (χ4n) is 2.54. The summed E-state index contributed by atoms with van der Waals surface area (Å²) in [5, 5.41) is 2.59. The summed E-state index contributed by atoms with van der Waals surface area (Å²) in [7, 11) is 0. The lowest BCUT2D eigenvalue weighted by molar-refractivity contribution is -0.148. The first-order chi connectivity index (χ1) is 10.2. The van der Waals surface area contributed by atoms with Crippen molar-refractivity contribution in [1.82, 2.24) is 4.98 Å². The van der Waals surface area contributed by atoms with Crippen molar-refractivity contribution in [3.05, 3.63) is 21.0 Å². The summed E-state index contributed by atoms with van der Waals surface area (Å²) in [6, 6.07) is 1.87. The fraction of sp³-hybridized carbons (Fsp3) is 0.500. The smallest absolute Gasteiger partial charge is 0.310 e. The summed E-state index contributed by atoms with van der Waals surface area (Å²) < 4.78 is 5.86. The molecule has 0 saturated carbocycles. The van der Waals surface area contributed by atoms with Crippen LogP contribution < -0.4 is 9.64 Å². The lowest BCUT2D eigenvalue weighted by Crippen LogP contribution is -2.39. The lowest BCUT2D eigenvalue weighted by Gasteiger charge is -2.31. The van der Waals surface area contributed by atoms with Crippen molar-refractivity contribution in [2.24, 2.45) is 5.92 Å². The summed E-state index contributed by atoms with van der Waals surface area (Å²) >= 11 is 2.59. The Morgan fingerprint density at radius 3 is 3.24 bits per heavy atom. The van der Waals surface area contributed by atoms with Gasteiger partial charge >= 0.3 is 5.97 Å². The van der Waals surface area contributed by atoms with Gasteiger partial charge in [0.05, 0.1) is 18.0 Å². The van der Waals surface area contributed by atoms with Crippen LogP contribution in [0.2, 0.25) is 0 Å². The monoisotopic (exact) mass is 324 g/mol. The number of carbonyl (C=O) groups is 1. The Hall–Kier alpha value is -1.47. The molecule has 5 nitrogen and oxygen atoms in total. The van der Waals surface area contributed by atoms with Crippen LogP contribution in [0.15, 0.2) is 16.2 Å². The summed E-state index contributed by atoms with van der Waals surface area (Å²) in [5.74, 6) is -0.271. The molecule has 0 radical (unpaired) electrons. The van der Waals surface area contributed by atoms with Crippen LogP contribution in [-0.2, 0) is 9.53 Å².